The van der Waals surface area contributed by atoms with Crippen molar-refractivity contribution in [2.45, 2.75) is 25.4 Å². The molecule has 0 fully saturated rings. The minimum atomic E-state index is -1.12. The van der Waals surface area contributed by atoms with Gasteiger partial charge in [0.2, 0.25) is 0 Å². The maximum absolute atomic E-state index is 13.2. The third kappa shape index (κ3) is 4.41. The van der Waals surface area contributed by atoms with Gasteiger partial charge in [0.15, 0.2) is 0 Å². The first-order valence-electron chi connectivity index (χ1n) is 11.0. The van der Waals surface area contributed by atoms with Gasteiger partial charge in [-0.15, -0.1) is 0 Å². The Hall–Kier alpha value is -4.00. The van der Waals surface area contributed by atoms with Crippen molar-refractivity contribution in [1.82, 2.24) is 4.90 Å². The molecule has 176 valence electrons. The molecule has 0 bridgehead atoms. The fourth-order valence-corrected chi connectivity index (χ4v) is 4.34. The first-order chi connectivity index (χ1) is 16.4. The Balaban J connectivity index is 1.56. The maximum atomic E-state index is 13.2. The first-order valence-corrected chi connectivity index (χ1v) is 11.0. The molecular formula is C27H27NO6. The van der Waals surface area contributed by atoms with Crippen molar-refractivity contribution < 1.29 is 28.9 Å². The molecule has 0 saturated carbocycles. The van der Waals surface area contributed by atoms with Gasteiger partial charge in [0.25, 0.3) is 0 Å². The third-order valence-corrected chi connectivity index (χ3v) is 6.23. The second-order valence-electron chi connectivity index (χ2n) is 8.12. The summed E-state index contributed by atoms with van der Waals surface area (Å²) in [6, 6.07) is 20.2. The molecule has 1 unspecified atom stereocenters. The number of amides is 1. The fraction of sp³-hybridized carbons (Fsp3) is 0.259. The minimum absolute atomic E-state index is 0.0112. The quantitative estimate of drug-likeness (QED) is 0.512. The van der Waals surface area contributed by atoms with Crippen LogP contribution in [0.25, 0.3) is 11.1 Å². The molecule has 7 nitrogen and oxygen atoms in total. The summed E-state index contributed by atoms with van der Waals surface area (Å²) in [5.41, 5.74) is 5.07. The average Bonchev–Trinajstić information content (AvgIpc) is 3.19. The second-order valence-corrected chi connectivity index (χ2v) is 8.12. The number of carboxylic acid groups (broad SMARTS) is 1. The molecule has 0 saturated heterocycles. The number of fused-ring (bicyclic) bond motifs is 3. The Morgan fingerprint density at radius 2 is 1.56 bits per heavy atom. The van der Waals surface area contributed by atoms with Gasteiger partial charge in [0.1, 0.15) is 24.1 Å². The van der Waals surface area contributed by atoms with Gasteiger partial charge in [0, 0.05) is 17.5 Å². The molecule has 0 heterocycles. The van der Waals surface area contributed by atoms with E-state index >= 15 is 0 Å². The van der Waals surface area contributed by atoms with Crippen LogP contribution in [-0.2, 0) is 16.1 Å². The van der Waals surface area contributed by atoms with Crippen LogP contribution in [0.2, 0.25) is 0 Å². The minimum Gasteiger partial charge on any atom is -0.497 e. The van der Waals surface area contributed by atoms with Gasteiger partial charge >= 0.3 is 12.1 Å². The number of aliphatic carboxylic acids is 1. The summed E-state index contributed by atoms with van der Waals surface area (Å²) in [7, 11) is 3.06. The number of hydrogen-bond donors (Lipinski definition) is 1. The number of carbonyl (C=O) groups excluding carboxylic acids is 1. The van der Waals surface area contributed by atoms with E-state index in [-0.39, 0.29) is 19.1 Å². The molecule has 0 aliphatic heterocycles. The highest BCUT2D eigenvalue weighted by Gasteiger charge is 2.32. The Morgan fingerprint density at radius 1 is 0.941 bits per heavy atom. The standard InChI is InChI=1S/C27H27NO6/c1-17(26(29)30)28(15-18-12-13-19(32-2)14-25(18)33-3)27(31)34-16-24-22-10-6-4-8-20(22)21-9-5-7-11-23(21)24/h4-14,17,24H,15-16H2,1-3H3,(H,29,30). The van der Waals surface area contributed by atoms with Crippen LogP contribution in [0.1, 0.15) is 29.5 Å². The predicted octanol–water partition coefficient (Wildman–Crippen LogP) is 4.93. The molecule has 3 aromatic carbocycles. The largest absolute Gasteiger partial charge is 0.497 e. The van der Waals surface area contributed by atoms with Gasteiger partial charge in [-0.05, 0) is 41.3 Å². The number of benzene rings is 3. The van der Waals surface area contributed by atoms with E-state index in [1.807, 2.05) is 36.4 Å². The van der Waals surface area contributed by atoms with Crippen LogP contribution >= 0.6 is 0 Å². The third-order valence-electron chi connectivity index (χ3n) is 6.23. The summed E-state index contributed by atoms with van der Waals surface area (Å²) < 4.78 is 16.4. The Labute approximate surface area is 198 Å². The maximum Gasteiger partial charge on any atom is 0.410 e. The van der Waals surface area contributed by atoms with Crippen molar-refractivity contribution in [3.63, 3.8) is 0 Å². The Morgan fingerprint density at radius 3 is 2.12 bits per heavy atom. The number of methoxy groups -OCH3 is 2. The van der Waals surface area contributed by atoms with Gasteiger partial charge in [0.05, 0.1) is 20.8 Å². The number of rotatable bonds is 8. The summed E-state index contributed by atoms with van der Waals surface area (Å²) in [5, 5.41) is 9.63. The molecule has 34 heavy (non-hydrogen) atoms. The monoisotopic (exact) mass is 461 g/mol. The summed E-state index contributed by atoms with van der Waals surface area (Å²) in [6.07, 6.45) is -0.699. The van der Waals surface area contributed by atoms with E-state index in [1.165, 1.54) is 18.9 Å². The molecule has 1 amide bonds. The van der Waals surface area contributed by atoms with Crippen LogP contribution in [0.3, 0.4) is 0 Å². The molecule has 0 radical (unpaired) electrons. The second kappa shape index (κ2) is 9.87. The van der Waals surface area contributed by atoms with Crippen molar-refractivity contribution in [3.05, 3.63) is 83.4 Å². The molecule has 1 atom stereocenters. The highest BCUT2D eigenvalue weighted by molar-refractivity contribution is 5.81. The zero-order valence-corrected chi connectivity index (χ0v) is 19.4. The van der Waals surface area contributed by atoms with Crippen molar-refractivity contribution >= 4 is 12.1 Å². The van der Waals surface area contributed by atoms with E-state index < -0.39 is 18.1 Å². The highest BCUT2D eigenvalue weighted by Crippen LogP contribution is 2.44. The first kappa shape index (κ1) is 23.2. The lowest BCUT2D eigenvalue weighted by Crippen LogP contribution is -2.43. The summed E-state index contributed by atoms with van der Waals surface area (Å²) in [4.78, 5) is 26.1. The van der Waals surface area contributed by atoms with E-state index in [1.54, 1.807) is 25.3 Å². The van der Waals surface area contributed by atoms with E-state index in [0.717, 1.165) is 22.3 Å². The summed E-state index contributed by atoms with van der Waals surface area (Å²) in [6.45, 7) is 1.58. The van der Waals surface area contributed by atoms with E-state index in [2.05, 4.69) is 12.1 Å². The lowest BCUT2D eigenvalue weighted by atomic mass is 9.98. The molecule has 0 spiro atoms. The van der Waals surface area contributed by atoms with Gasteiger partial charge in [-0.1, -0.05) is 48.5 Å². The van der Waals surface area contributed by atoms with E-state index in [9.17, 15) is 14.7 Å². The van der Waals surface area contributed by atoms with Crippen molar-refractivity contribution in [3.8, 4) is 22.6 Å². The zero-order chi connectivity index (χ0) is 24.2. The van der Waals surface area contributed by atoms with Crippen LogP contribution in [0.4, 0.5) is 4.79 Å². The number of hydrogen-bond acceptors (Lipinski definition) is 5. The Kier molecular flexibility index (Phi) is 6.72. The average molecular weight is 462 g/mol. The van der Waals surface area contributed by atoms with Crippen LogP contribution in [0, 0.1) is 0 Å². The summed E-state index contributed by atoms with van der Waals surface area (Å²) in [5.74, 6) is -0.150. The van der Waals surface area contributed by atoms with Crippen LogP contribution in [-0.4, -0.2) is 48.9 Å². The van der Waals surface area contributed by atoms with E-state index in [0.29, 0.717) is 17.1 Å². The highest BCUT2D eigenvalue weighted by atomic mass is 16.6. The molecule has 3 aromatic rings. The topological polar surface area (TPSA) is 85.3 Å². The van der Waals surface area contributed by atoms with Gasteiger partial charge < -0.3 is 19.3 Å². The van der Waals surface area contributed by atoms with Crippen LogP contribution in [0.5, 0.6) is 11.5 Å². The smallest absolute Gasteiger partial charge is 0.410 e. The fourth-order valence-electron chi connectivity index (χ4n) is 4.34. The van der Waals surface area contributed by atoms with E-state index in [4.69, 9.17) is 14.2 Å². The zero-order valence-electron chi connectivity index (χ0n) is 19.4. The summed E-state index contributed by atoms with van der Waals surface area (Å²) >= 11 is 0. The Bertz CT molecular complexity index is 1160. The van der Waals surface area contributed by atoms with Crippen molar-refractivity contribution in [2.75, 3.05) is 20.8 Å². The van der Waals surface area contributed by atoms with Crippen LogP contribution < -0.4 is 9.47 Å². The lowest BCUT2D eigenvalue weighted by molar-refractivity contribution is -0.142. The number of nitrogens with zero attached hydrogens (tertiary/aromatic N) is 1. The lowest BCUT2D eigenvalue weighted by Gasteiger charge is -2.27. The molecule has 1 aliphatic carbocycles. The molecule has 1 aliphatic rings. The molecule has 7 heteroatoms. The van der Waals surface area contributed by atoms with Gasteiger partial charge in [-0.25, -0.2) is 9.59 Å². The number of carboxylic acids is 1. The van der Waals surface area contributed by atoms with Gasteiger partial charge in [-0.2, -0.15) is 0 Å². The normalized spacial score (nSPS) is 12.9. The van der Waals surface area contributed by atoms with Crippen molar-refractivity contribution in [1.29, 1.82) is 0 Å². The van der Waals surface area contributed by atoms with Gasteiger partial charge in [-0.3, -0.25) is 4.90 Å². The molecule has 1 N–H and O–H groups in total. The molecule has 4 rings (SSSR count). The predicted molar refractivity (Wildman–Crippen MR) is 127 cm³/mol. The number of ether oxygens (including phenoxy) is 3. The van der Waals surface area contributed by atoms with Crippen LogP contribution in [0.15, 0.2) is 66.7 Å². The molecule has 0 aromatic heterocycles. The SMILES string of the molecule is COc1ccc(CN(C(=O)OCC2c3ccccc3-c3ccccc32)C(C)C(=O)O)c(OC)c1. The van der Waals surface area contributed by atoms with Crippen molar-refractivity contribution in [2.24, 2.45) is 0 Å². The molecular weight excluding hydrogens is 434 g/mol. The number of carbonyl (C=O) groups is 2.